The van der Waals surface area contributed by atoms with Gasteiger partial charge >= 0.3 is 0 Å². The van der Waals surface area contributed by atoms with E-state index in [0.717, 1.165) is 24.2 Å². The monoisotopic (exact) mass is 353 g/mol. The molecule has 2 aromatic rings. The Hall–Kier alpha value is -2.27. The molecule has 0 saturated carbocycles. The van der Waals surface area contributed by atoms with Crippen LogP contribution >= 0.6 is 11.8 Å². The third kappa shape index (κ3) is 3.71. The van der Waals surface area contributed by atoms with Gasteiger partial charge in [0.2, 0.25) is 0 Å². The van der Waals surface area contributed by atoms with Gasteiger partial charge in [0.05, 0.1) is 10.6 Å². The molecule has 0 atom stereocenters. The molecule has 1 aromatic heterocycles. The average molecular weight is 353 g/mol. The first kappa shape index (κ1) is 17.5. The van der Waals surface area contributed by atoms with Gasteiger partial charge in [-0.25, -0.2) is 4.99 Å². The minimum absolute atomic E-state index is 0.0878. The maximum Gasteiger partial charge on any atom is 0.264 e. The largest absolute Gasteiger partial charge is 0.349 e. The molecule has 1 aliphatic heterocycles. The lowest BCUT2D eigenvalue weighted by Crippen LogP contribution is -2.19. The lowest BCUT2D eigenvalue weighted by molar-refractivity contribution is -0.115. The Bertz CT molecular complexity index is 860. The van der Waals surface area contributed by atoms with Crippen molar-refractivity contribution in [2.24, 2.45) is 4.99 Å². The van der Waals surface area contributed by atoms with Crippen LogP contribution in [0.3, 0.4) is 0 Å². The first-order valence-electron chi connectivity index (χ1n) is 8.57. The quantitative estimate of drug-likeness (QED) is 0.818. The van der Waals surface area contributed by atoms with Crippen molar-refractivity contribution in [3.8, 4) is 0 Å². The summed E-state index contributed by atoms with van der Waals surface area (Å²) < 4.78 is 2.24. The van der Waals surface area contributed by atoms with E-state index in [1.165, 1.54) is 28.7 Å². The molecule has 1 amide bonds. The van der Waals surface area contributed by atoms with E-state index in [2.05, 4.69) is 60.8 Å². The van der Waals surface area contributed by atoms with Crippen molar-refractivity contribution in [1.82, 2.24) is 9.88 Å². The Labute approximate surface area is 153 Å². The molecule has 0 unspecified atom stereocenters. The number of aliphatic imine (C=N–C) groups is 1. The second kappa shape index (κ2) is 7.31. The number of aromatic nitrogens is 1. The summed E-state index contributed by atoms with van der Waals surface area (Å²) in [4.78, 5) is 17.5. The van der Waals surface area contributed by atoms with Crippen molar-refractivity contribution >= 4 is 34.6 Å². The number of nitrogens with one attached hydrogen (secondary N) is 1. The van der Waals surface area contributed by atoms with Crippen molar-refractivity contribution < 1.29 is 4.79 Å². The Balaban J connectivity index is 1.83. The van der Waals surface area contributed by atoms with Crippen molar-refractivity contribution in [2.75, 3.05) is 0 Å². The van der Waals surface area contributed by atoms with Crippen molar-refractivity contribution in [3.05, 3.63) is 57.8 Å². The highest BCUT2D eigenvalue weighted by Crippen LogP contribution is 2.29. The number of amides is 1. The maximum absolute atomic E-state index is 12.3. The van der Waals surface area contributed by atoms with Crippen LogP contribution in [0, 0.1) is 13.8 Å². The number of carbonyl (C=O) groups is 1. The van der Waals surface area contributed by atoms with Crippen molar-refractivity contribution in [3.63, 3.8) is 0 Å². The third-order valence-corrected chi connectivity index (χ3v) is 5.35. The van der Waals surface area contributed by atoms with Crippen LogP contribution in [0.2, 0.25) is 0 Å². The minimum Gasteiger partial charge on any atom is -0.349 e. The molecule has 1 saturated heterocycles. The summed E-state index contributed by atoms with van der Waals surface area (Å²) in [6.07, 6.45) is 2.96. The number of benzene rings is 1. The van der Waals surface area contributed by atoms with Crippen LogP contribution in [0.25, 0.3) is 6.08 Å². The van der Waals surface area contributed by atoms with Gasteiger partial charge in [-0.05, 0) is 74.4 Å². The fourth-order valence-corrected chi connectivity index (χ4v) is 3.84. The van der Waals surface area contributed by atoms with E-state index >= 15 is 0 Å². The molecule has 0 spiro atoms. The van der Waals surface area contributed by atoms with Gasteiger partial charge in [-0.15, -0.1) is 0 Å². The van der Waals surface area contributed by atoms with E-state index in [1.807, 2.05) is 18.2 Å². The molecule has 2 heterocycles. The van der Waals surface area contributed by atoms with Crippen molar-refractivity contribution in [1.29, 1.82) is 0 Å². The van der Waals surface area contributed by atoms with Crippen LogP contribution in [-0.2, 0) is 17.8 Å². The molecule has 25 heavy (non-hydrogen) atoms. The first-order chi connectivity index (χ1) is 12.0. The molecule has 1 fully saturated rings. The molecule has 1 aromatic carbocycles. The van der Waals surface area contributed by atoms with Crippen molar-refractivity contribution in [2.45, 2.75) is 40.7 Å². The summed E-state index contributed by atoms with van der Waals surface area (Å²) in [6.45, 7) is 9.36. The summed E-state index contributed by atoms with van der Waals surface area (Å²) in [5.74, 6) is -0.0878. The number of carbonyl (C=O) groups excluding carboxylic acids is 1. The summed E-state index contributed by atoms with van der Waals surface area (Å²) in [5.41, 5.74) is 5.61. The standard InChI is InChI=1S/C20H23N3OS/c1-5-15-7-9-17(10-8-15)21-20-22-19(24)18(25-20)12-16-11-13(3)23(6-2)14(16)4/h7-12H,5-6H2,1-4H3,(H,21,22,24)/b18-12-. The van der Waals surface area contributed by atoms with Crippen LogP contribution in [0.15, 0.2) is 40.2 Å². The number of nitrogens with zero attached hydrogens (tertiary/aromatic N) is 2. The van der Waals surface area contributed by atoms with E-state index in [0.29, 0.717) is 10.1 Å². The summed E-state index contributed by atoms with van der Waals surface area (Å²) in [6, 6.07) is 10.2. The molecule has 3 rings (SSSR count). The summed E-state index contributed by atoms with van der Waals surface area (Å²) >= 11 is 1.39. The molecule has 0 bridgehead atoms. The zero-order chi connectivity index (χ0) is 18.0. The molecule has 4 nitrogen and oxygen atoms in total. The van der Waals surface area contributed by atoms with Gasteiger partial charge in [0.25, 0.3) is 5.91 Å². The maximum atomic E-state index is 12.3. The summed E-state index contributed by atoms with van der Waals surface area (Å²) in [7, 11) is 0. The highest BCUT2D eigenvalue weighted by molar-refractivity contribution is 8.18. The molecular formula is C20H23N3OS. The van der Waals surface area contributed by atoms with E-state index < -0.39 is 0 Å². The average Bonchev–Trinajstić information content (AvgIpc) is 3.07. The number of hydrogen-bond donors (Lipinski definition) is 1. The van der Waals surface area contributed by atoms with Gasteiger partial charge < -0.3 is 9.88 Å². The normalized spacial score (nSPS) is 17.5. The highest BCUT2D eigenvalue weighted by atomic mass is 32.2. The SMILES string of the molecule is CCc1ccc(N=C2NC(=O)/C(=C/c3cc(C)n(CC)c3C)S2)cc1. The topological polar surface area (TPSA) is 46.4 Å². The lowest BCUT2D eigenvalue weighted by Gasteiger charge is -2.04. The Kier molecular flexibility index (Phi) is 5.13. The smallest absolute Gasteiger partial charge is 0.264 e. The molecule has 0 radical (unpaired) electrons. The van der Waals surface area contributed by atoms with Crippen LogP contribution in [0.4, 0.5) is 5.69 Å². The van der Waals surface area contributed by atoms with Crippen LogP contribution < -0.4 is 5.32 Å². The Morgan fingerprint density at radius 3 is 2.52 bits per heavy atom. The number of amidine groups is 1. The Morgan fingerprint density at radius 2 is 1.92 bits per heavy atom. The molecule has 5 heteroatoms. The summed E-state index contributed by atoms with van der Waals surface area (Å²) in [5, 5.41) is 3.48. The second-order valence-corrected chi connectivity index (χ2v) is 7.10. The second-order valence-electron chi connectivity index (χ2n) is 6.07. The fourth-order valence-electron chi connectivity index (χ4n) is 3.01. The van der Waals surface area contributed by atoms with Gasteiger partial charge in [-0.3, -0.25) is 4.79 Å². The van der Waals surface area contributed by atoms with Gasteiger partial charge in [0.1, 0.15) is 0 Å². The van der Waals surface area contributed by atoms with Crippen LogP contribution in [0.1, 0.15) is 36.4 Å². The van der Waals surface area contributed by atoms with E-state index in [9.17, 15) is 4.79 Å². The molecular weight excluding hydrogens is 330 g/mol. The fraction of sp³-hybridized carbons (Fsp3) is 0.300. The number of rotatable bonds is 4. The molecule has 0 aliphatic carbocycles. The zero-order valence-corrected chi connectivity index (χ0v) is 15.9. The lowest BCUT2D eigenvalue weighted by atomic mass is 10.2. The van der Waals surface area contributed by atoms with Gasteiger partial charge in [-0.2, -0.15) is 0 Å². The predicted molar refractivity (Wildman–Crippen MR) is 106 cm³/mol. The van der Waals surface area contributed by atoms with Crippen LogP contribution in [0.5, 0.6) is 0 Å². The third-order valence-electron chi connectivity index (χ3n) is 4.44. The molecule has 1 aliphatic rings. The first-order valence-corrected chi connectivity index (χ1v) is 9.38. The Morgan fingerprint density at radius 1 is 1.20 bits per heavy atom. The number of hydrogen-bond acceptors (Lipinski definition) is 3. The van der Waals surface area contributed by atoms with E-state index in [4.69, 9.17) is 0 Å². The van der Waals surface area contributed by atoms with E-state index in [1.54, 1.807) is 0 Å². The zero-order valence-electron chi connectivity index (χ0n) is 15.1. The highest BCUT2D eigenvalue weighted by Gasteiger charge is 2.24. The molecule has 1 N–H and O–H groups in total. The van der Waals surface area contributed by atoms with Gasteiger partial charge in [0.15, 0.2) is 5.17 Å². The predicted octanol–water partition coefficient (Wildman–Crippen LogP) is 4.58. The van der Waals surface area contributed by atoms with Crippen LogP contribution in [-0.4, -0.2) is 15.6 Å². The number of aryl methyl sites for hydroxylation is 2. The molecule has 130 valence electrons. The number of thioether (sulfide) groups is 1. The van der Waals surface area contributed by atoms with Gasteiger partial charge in [0, 0.05) is 17.9 Å². The van der Waals surface area contributed by atoms with Gasteiger partial charge in [-0.1, -0.05) is 19.1 Å². The minimum atomic E-state index is -0.0878. The van der Waals surface area contributed by atoms with E-state index in [-0.39, 0.29) is 5.91 Å².